The van der Waals surface area contributed by atoms with E-state index in [4.69, 9.17) is 0 Å². The van der Waals surface area contributed by atoms with Gasteiger partial charge in [-0.1, -0.05) is 48.6 Å². The molecule has 1 aromatic carbocycles. The number of carbonyl (C=O) groups excluding carboxylic acids is 2. The Hall–Kier alpha value is -0.910. The number of hydrogen-bond donors (Lipinski definition) is 0. The summed E-state index contributed by atoms with van der Waals surface area (Å²) in [5.74, 6) is -0.326. The van der Waals surface area contributed by atoms with Crippen LogP contribution in [0.15, 0.2) is 24.3 Å². The van der Waals surface area contributed by atoms with Gasteiger partial charge in [0.15, 0.2) is 0 Å². The number of imide groups is 1. The first-order chi connectivity index (χ1) is 8.05. The van der Waals surface area contributed by atoms with Gasteiger partial charge in [0.2, 0.25) is 0 Å². The first-order valence-electron chi connectivity index (χ1n) is 5.72. The molecule has 2 rings (SSSR count). The largest absolute Gasteiger partial charge is 0.269 e. The van der Waals surface area contributed by atoms with Gasteiger partial charge < -0.3 is 0 Å². The van der Waals surface area contributed by atoms with E-state index < -0.39 is 3.55 Å². The molecule has 0 bridgehead atoms. The Bertz CT molecular complexity index is 445. The highest BCUT2D eigenvalue weighted by atomic mass is 127. The molecule has 1 aliphatic rings. The molecule has 4 heteroatoms. The van der Waals surface area contributed by atoms with Crippen LogP contribution in [0.1, 0.15) is 47.4 Å². The number of hydrogen-bond acceptors (Lipinski definition) is 2. The van der Waals surface area contributed by atoms with Crippen molar-refractivity contribution in [2.75, 3.05) is 0 Å². The van der Waals surface area contributed by atoms with E-state index in [9.17, 15) is 9.59 Å². The lowest BCUT2D eigenvalue weighted by Crippen LogP contribution is -2.46. The lowest BCUT2D eigenvalue weighted by molar-refractivity contribution is 0.0559. The van der Waals surface area contributed by atoms with Gasteiger partial charge in [-0.15, -0.1) is 0 Å². The third-order valence-corrected chi connectivity index (χ3v) is 5.29. The third kappa shape index (κ3) is 1.78. The quantitative estimate of drug-likeness (QED) is 0.366. The maximum Gasteiger partial charge on any atom is 0.262 e. The molecule has 0 unspecified atom stereocenters. The van der Waals surface area contributed by atoms with Crippen molar-refractivity contribution in [1.82, 2.24) is 4.90 Å². The molecule has 0 spiro atoms. The van der Waals surface area contributed by atoms with E-state index in [0.29, 0.717) is 11.1 Å². The predicted molar refractivity (Wildman–Crippen MR) is 74.3 cm³/mol. The molecule has 1 aromatic rings. The van der Waals surface area contributed by atoms with Crippen LogP contribution in [0.2, 0.25) is 0 Å². The second-order valence-corrected chi connectivity index (χ2v) is 6.12. The molecule has 2 amide bonds. The molecule has 0 saturated carbocycles. The van der Waals surface area contributed by atoms with E-state index in [0.717, 1.165) is 12.8 Å². The van der Waals surface area contributed by atoms with Crippen LogP contribution in [0.4, 0.5) is 0 Å². The molecule has 90 valence electrons. The van der Waals surface area contributed by atoms with Crippen molar-refractivity contribution in [3.8, 4) is 0 Å². The van der Waals surface area contributed by atoms with Gasteiger partial charge in [-0.05, 0) is 25.0 Å². The predicted octanol–water partition coefficient (Wildman–Crippen LogP) is 3.23. The maximum atomic E-state index is 12.3. The highest BCUT2D eigenvalue weighted by Gasteiger charge is 2.45. The molecule has 0 fully saturated rings. The van der Waals surface area contributed by atoms with Crippen LogP contribution in [0.25, 0.3) is 0 Å². The summed E-state index contributed by atoms with van der Waals surface area (Å²) in [5.41, 5.74) is 1.06. The Morgan fingerprint density at radius 1 is 1.06 bits per heavy atom. The van der Waals surface area contributed by atoms with E-state index in [1.54, 1.807) is 24.3 Å². The Balaban J connectivity index is 2.50. The summed E-state index contributed by atoms with van der Waals surface area (Å²) in [6, 6.07) is 7.02. The van der Waals surface area contributed by atoms with Crippen molar-refractivity contribution in [2.45, 2.75) is 30.2 Å². The third-order valence-electron chi connectivity index (χ3n) is 3.28. The molecule has 0 saturated heterocycles. The second-order valence-electron chi connectivity index (χ2n) is 4.12. The molecule has 17 heavy (non-hydrogen) atoms. The molecular weight excluding hydrogens is 329 g/mol. The normalized spacial score (nSPS) is 15.4. The van der Waals surface area contributed by atoms with Crippen LogP contribution in [0, 0.1) is 0 Å². The Morgan fingerprint density at radius 3 is 1.82 bits per heavy atom. The zero-order valence-electron chi connectivity index (χ0n) is 9.87. The zero-order chi connectivity index (χ0) is 12.6. The number of amides is 2. The molecule has 0 atom stereocenters. The van der Waals surface area contributed by atoms with E-state index >= 15 is 0 Å². The number of halogens is 1. The van der Waals surface area contributed by atoms with Crippen molar-refractivity contribution in [2.24, 2.45) is 0 Å². The fraction of sp³-hybridized carbons (Fsp3) is 0.385. The van der Waals surface area contributed by atoms with Crippen molar-refractivity contribution < 1.29 is 9.59 Å². The molecular formula is C13H14INO2. The fourth-order valence-electron chi connectivity index (χ4n) is 2.12. The summed E-state index contributed by atoms with van der Waals surface area (Å²) < 4.78 is -0.412. The second kappa shape index (κ2) is 4.40. The first-order valence-corrected chi connectivity index (χ1v) is 6.80. The molecule has 1 heterocycles. The number of rotatable bonds is 3. The van der Waals surface area contributed by atoms with Gasteiger partial charge in [0.25, 0.3) is 11.8 Å². The van der Waals surface area contributed by atoms with E-state index in [1.165, 1.54) is 4.90 Å². The SMILES string of the molecule is CCC(I)(CC)N1C(=O)c2ccccc2C1=O. The van der Waals surface area contributed by atoms with E-state index in [1.807, 2.05) is 13.8 Å². The lowest BCUT2D eigenvalue weighted by atomic mass is 10.1. The maximum absolute atomic E-state index is 12.3. The number of alkyl halides is 1. The fourth-order valence-corrected chi connectivity index (χ4v) is 2.56. The highest BCUT2D eigenvalue weighted by molar-refractivity contribution is 14.1. The lowest BCUT2D eigenvalue weighted by Gasteiger charge is -2.33. The van der Waals surface area contributed by atoms with Crippen LogP contribution >= 0.6 is 22.6 Å². The average molecular weight is 343 g/mol. The summed E-state index contributed by atoms with van der Waals surface area (Å²) in [6.45, 7) is 4.00. The molecule has 0 N–H and O–H groups in total. The van der Waals surface area contributed by atoms with Crippen LogP contribution in [0.5, 0.6) is 0 Å². The minimum absolute atomic E-state index is 0.163. The summed E-state index contributed by atoms with van der Waals surface area (Å²) >= 11 is 2.22. The van der Waals surface area contributed by atoms with Crippen LogP contribution in [-0.4, -0.2) is 20.3 Å². The molecule has 1 aliphatic heterocycles. The van der Waals surface area contributed by atoms with Crippen molar-refractivity contribution in [1.29, 1.82) is 0 Å². The Morgan fingerprint density at radius 2 is 1.47 bits per heavy atom. The van der Waals surface area contributed by atoms with E-state index in [2.05, 4.69) is 22.6 Å². The van der Waals surface area contributed by atoms with Crippen molar-refractivity contribution in [3.05, 3.63) is 35.4 Å². The van der Waals surface area contributed by atoms with E-state index in [-0.39, 0.29) is 11.8 Å². The molecule has 0 aromatic heterocycles. The summed E-state index contributed by atoms with van der Waals surface area (Å²) in [5, 5.41) is 0. The molecule has 0 radical (unpaired) electrons. The number of carbonyl (C=O) groups is 2. The Labute approximate surface area is 114 Å². The van der Waals surface area contributed by atoms with Gasteiger partial charge in [0.1, 0.15) is 3.55 Å². The summed E-state index contributed by atoms with van der Waals surface area (Å²) in [6.07, 6.45) is 1.52. The van der Waals surface area contributed by atoms with Crippen molar-refractivity contribution >= 4 is 34.4 Å². The molecule has 0 aliphatic carbocycles. The summed E-state index contributed by atoms with van der Waals surface area (Å²) in [4.78, 5) is 26.0. The van der Waals surface area contributed by atoms with Crippen LogP contribution in [0.3, 0.4) is 0 Å². The average Bonchev–Trinajstić information content (AvgIpc) is 2.62. The first kappa shape index (κ1) is 12.5. The number of nitrogens with zero attached hydrogens (tertiary/aromatic N) is 1. The Kier molecular flexibility index (Phi) is 3.25. The molecule has 3 nitrogen and oxygen atoms in total. The smallest absolute Gasteiger partial charge is 0.262 e. The van der Waals surface area contributed by atoms with Gasteiger partial charge in [-0.25, -0.2) is 0 Å². The zero-order valence-corrected chi connectivity index (χ0v) is 12.0. The standard InChI is InChI=1S/C13H14INO2/c1-3-13(14,4-2)15-11(16)9-7-5-6-8-10(9)12(15)17/h5-8H,3-4H2,1-2H3. The van der Waals surface area contributed by atoms with Gasteiger partial charge in [-0.2, -0.15) is 0 Å². The number of benzene rings is 1. The van der Waals surface area contributed by atoms with Crippen molar-refractivity contribution in [3.63, 3.8) is 0 Å². The highest BCUT2D eigenvalue weighted by Crippen LogP contribution is 2.38. The van der Waals surface area contributed by atoms with Gasteiger partial charge >= 0.3 is 0 Å². The van der Waals surface area contributed by atoms with Crippen LogP contribution in [-0.2, 0) is 0 Å². The van der Waals surface area contributed by atoms with Gasteiger partial charge in [0.05, 0.1) is 11.1 Å². The van der Waals surface area contributed by atoms with Gasteiger partial charge in [-0.3, -0.25) is 14.5 Å². The topological polar surface area (TPSA) is 37.4 Å². The monoisotopic (exact) mass is 343 g/mol. The summed E-state index contributed by atoms with van der Waals surface area (Å²) in [7, 11) is 0. The number of fused-ring (bicyclic) bond motifs is 1. The van der Waals surface area contributed by atoms with Crippen LogP contribution < -0.4 is 0 Å². The van der Waals surface area contributed by atoms with Gasteiger partial charge in [0, 0.05) is 0 Å². The minimum Gasteiger partial charge on any atom is -0.269 e. The minimum atomic E-state index is -0.412.